The van der Waals surface area contributed by atoms with Crippen LogP contribution in [0.5, 0.6) is 0 Å². The minimum absolute atomic E-state index is 0.233. The van der Waals surface area contributed by atoms with Crippen LogP contribution >= 0.6 is 0 Å². The Hall–Kier alpha value is -2.12. The SMILES string of the molecule is CC(=O)c1c(N)cc(N)c2cc(S(=O)(=O)O)ccc12. The van der Waals surface area contributed by atoms with Gasteiger partial charge in [0, 0.05) is 22.3 Å². The topological polar surface area (TPSA) is 123 Å². The number of benzene rings is 2. The van der Waals surface area contributed by atoms with E-state index in [2.05, 4.69) is 0 Å². The van der Waals surface area contributed by atoms with E-state index in [0.717, 1.165) is 0 Å². The Kier molecular flexibility index (Phi) is 2.95. The fourth-order valence-electron chi connectivity index (χ4n) is 2.01. The number of carbonyl (C=O) groups is 1. The molecule has 2 aromatic rings. The van der Waals surface area contributed by atoms with Gasteiger partial charge in [0.15, 0.2) is 5.78 Å². The Labute approximate surface area is 109 Å². The van der Waals surface area contributed by atoms with E-state index in [0.29, 0.717) is 10.8 Å². The predicted molar refractivity (Wildman–Crippen MR) is 72.6 cm³/mol. The highest BCUT2D eigenvalue weighted by atomic mass is 32.2. The smallest absolute Gasteiger partial charge is 0.294 e. The van der Waals surface area contributed by atoms with Gasteiger partial charge >= 0.3 is 0 Å². The number of fused-ring (bicyclic) bond motifs is 1. The molecule has 0 aromatic heterocycles. The second-order valence-corrected chi connectivity index (χ2v) is 5.59. The molecular formula is C12H12N2O4S. The molecule has 0 aliphatic rings. The highest BCUT2D eigenvalue weighted by Crippen LogP contribution is 2.31. The van der Waals surface area contributed by atoms with E-state index >= 15 is 0 Å². The molecule has 0 saturated carbocycles. The summed E-state index contributed by atoms with van der Waals surface area (Å²) in [6.45, 7) is 1.36. The number of carbonyl (C=O) groups excluding carboxylic acids is 1. The van der Waals surface area contributed by atoms with Crippen LogP contribution in [0.3, 0.4) is 0 Å². The summed E-state index contributed by atoms with van der Waals surface area (Å²) in [4.78, 5) is 11.3. The Bertz CT molecular complexity index is 797. The summed E-state index contributed by atoms with van der Waals surface area (Å²) in [5, 5.41) is 0.812. The Morgan fingerprint density at radius 3 is 2.26 bits per heavy atom. The van der Waals surface area contributed by atoms with Crippen molar-refractivity contribution < 1.29 is 17.8 Å². The van der Waals surface area contributed by atoms with Crippen molar-refractivity contribution in [1.29, 1.82) is 0 Å². The van der Waals surface area contributed by atoms with Crippen LogP contribution in [0, 0.1) is 0 Å². The van der Waals surface area contributed by atoms with Gasteiger partial charge in [-0.15, -0.1) is 0 Å². The number of rotatable bonds is 2. The molecule has 0 bridgehead atoms. The Morgan fingerprint density at radius 2 is 1.74 bits per heavy atom. The summed E-state index contributed by atoms with van der Waals surface area (Å²) in [5.74, 6) is -0.248. The molecule has 0 saturated heterocycles. The summed E-state index contributed by atoms with van der Waals surface area (Å²) in [6, 6.07) is 5.21. The number of anilines is 2. The molecule has 0 amide bonds. The van der Waals surface area contributed by atoms with Crippen molar-refractivity contribution in [2.24, 2.45) is 0 Å². The van der Waals surface area contributed by atoms with E-state index in [9.17, 15) is 13.2 Å². The molecule has 0 unspecified atom stereocenters. The largest absolute Gasteiger partial charge is 0.398 e. The molecule has 0 spiro atoms. The molecule has 2 aromatic carbocycles. The zero-order valence-corrected chi connectivity index (χ0v) is 10.9. The van der Waals surface area contributed by atoms with Gasteiger partial charge in [-0.25, -0.2) is 0 Å². The van der Waals surface area contributed by atoms with Gasteiger partial charge in [0.2, 0.25) is 0 Å². The quantitative estimate of drug-likeness (QED) is 0.434. The van der Waals surface area contributed by atoms with E-state index in [-0.39, 0.29) is 27.6 Å². The minimum atomic E-state index is -4.33. The first-order chi connectivity index (χ1) is 8.71. The molecule has 0 radical (unpaired) electrons. The second-order valence-electron chi connectivity index (χ2n) is 4.17. The van der Waals surface area contributed by atoms with Crippen LogP contribution in [-0.2, 0) is 10.1 Å². The number of hydrogen-bond donors (Lipinski definition) is 3. The van der Waals surface area contributed by atoms with E-state index in [4.69, 9.17) is 16.0 Å². The molecule has 0 atom stereocenters. The van der Waals surface area contributed by atoms with E-state index in [1.165, 1.54) is 31.2 Å². The first-order valence-electron chi connectivity index (χ1n) is 5.32. The standard InChI is InChI=1S/C12H12N2O4S/c1-6(15)12-8-3-2-7(19(16,17)18)4-9(8)10(13)5-11(12)14/h2-5H,13-14H2,1H3,(H,16,17,18). The molecule has 19 heavy (non-hydrogen) atoms. The van der Waals surface area contributed by atoms with Crippen molar-refractivity contribution in [2.45, 2.75) is 11.8 Å². The summed E-state index contributed by atoms with van der Waals surface area (Å²) >= 11 is 0. The summed E-state index contributed by atoms with van der Waals surface area (Å²) in [5.41, 5.74) is 12.3. The molecule has 100 valence electrons. The molecular weight excluding hydrogens is 268 g/mol. The summed E-state index contributed by atoms with van der Waals surface area (Å²) in [6.07, 6.45) is 0. The van der Waals surface area contributed by atoms with Gasteiger partial charge in [-0.05, 0) is 30.5 Å². The van der Waals surface area contributed by atoms with Crippen molar-refractivity contribution in [2.75, 3.05) is 11.5 Å². The van der Waals surface area contributed by atoms with Gasteiger partial charge in [-0.3, -0.25) is 9.35 Å². The first-order valence-corrected chi connectivity index (χ1v) is 6.76. The maximum atomic E-state index is 11.6. The van der Waals surface area contributed by atoms with Crippen LogP contribution in [0.4, 0.5) is 11.4 Å². The fourth-order valence-corrected chi connectivity index (χ4v) is 2.51. The highest BCUT2D eigenvalue weighted by molar-refractivity contribution is 7.85. The molecule has 0 heterocycles. The lowest BCUT2D eigenvalue weighted by molar-refractivity contribution is 0.102. The van der Waals surface area contributed by atoms with Gasteiger partial charge in [-0.1, -0.05) is 6.07 Å². The van der Waals surface area contributed by atoms with Gasteiger partial charge in [0.1, 0.15) is 0 Å². The monoisotopic (exact) mass is 280 g/mol. The van der Waals surface area contributed by atoms with Gasteiger partial charge in [0.05, 0.1) is 4.90 Å². The normalized spacial score (nSPS) is 11.7. The van der Waals surface area contributed by atoms with Crippen LogP contribution in [0.15, 0.2) is 29.2 Å². The lowest BCUT2D eigenvalue weighted by Crippen LogP contribution is -2.04. The van der Waals surface area contributed by atoms with Gasteiger partial charge in [-0.2, -0.15) is 8.42 Å². The third-order valence-corrected chi connectivity index (χ3v) is 3.67. The van der Waals surface area contributed by atoms with Gasteiger partial charge in [0.25, 0.3) is 10.1 Å². The minimum Gasteiger partial charge on any atom is -0.398 e. The predicted octanol–water partition coefficient (Wildman–Crippen LogP) is 1.45. The van der Waals surface area contributed by atoms with E-state index in [1.54, 1.807) is 0 Å². The zero-order chi connectivity index (χ0) is 14.4. The average Bonchev–Trinajstić information content (AvgIpc) is 2.26. The number of hydrogen-bond acceptors (Lipinski definition) is 5. The van der Waals surface area contributed by atoms with Crippen molar-refractivity contribution >= 4 is 38.0 Å². The number of nitrogens with two attached hydrogens (primary N) is 2. The third-order valence-electron chi connectivity index (χ3n) is 2.82. The molecule has 2 rings (SSSR count). The Balaban J connectivity index is 2.93. The van der Waals surface area contributed by atoms with Crippen LogP contribution < -0.4 is 11.5 Å². The van der Waals surface area contributed by atoms with Crippen LogP contribution in [0.2, 0.25) is 0 Å². The molecule has 0 aliphatic carbocycles. The maximum absolute atomic E-state index is 11.6. The molecule has 7 heteroatoms. The molecule has 0 aliphatic heterocycles. The van der Waals surface area contributed by atoms with E-state index in [1.807, 2.05) is 0 Å². The van der Waals surface area contributed by atoms with Crippen molar-refractivity contribution in [1.82, 2.24) is 0 Å². The molecule has 6 nitrogen and oxygen atoms in total. The number of nitrogen functional groups attached to an aromatic ring is 2. The van der Waals surface area contributed by atoms with Crippen LogP contribution in [0.1, 0.15) is 17.3 Å². The lowest BCUT2D eigenvalue weighted by Gasteiger charge is -2.11. The highest BCUT2D eigenvalue weighted by Gasteiger charge is 2.16. The molecule has 5 N–H and O–H groups in total. The third kappa shape index (κ3) is 2.25. The zero-order valence-electron chi connectivity index (χ0n) is 10.0. The average molecular weight is 280 g/mol. The molecule has 0 fully saturated rings. The van der Waals surface area contributed by atoms with Gasteiger partial charge < -0.3 is 11.5 Å². The van der Waals surface area contributed by atoms with Crippen LogP contribution in [0.25, 0.3) is 10.8 Å². The number of Topliss-reactive ketones (excluding diaryl/α,β-unsaturated/α-hetero) is 1. The lowest BCUT2D eigenvalue weighted by atomic mass is 9.99. The van der Waals surface area contributed by atoms with Crippen LogP contribution in [-0.4, -0.2) is 18.8 Å². The maximum Gasteiger partial charge on any atom is 0.294 e. The van der Waals surface area contributed by atoms with Crippen molar-refractivity contribution in [3.05, 3.63) is 29.8 Å². The second kappa shape index (κ2) is 4.22. The number of ketones is 1. The van der Waals surface area contributed by atoms with Crippen molar-refractivity contribution in [3.8, 4) is 0 Å². The first kappa shape index (κ1) is 13.3. The van der Waals surface area contributed by atoms with Crippen molar-refractivity contribution in [3.63, 3.8) is 0 Å². The van der Waals surface area contributed by atoms with E-state index < -0.39 is 10.1 Å². The summed E-state index contributed by atoms with van der Waals surface area (Å²) in [7, 11) is -4.33. The summed E-state index contributed by atoms with van der Waals surface area (Å²) < 4.78 is 31.2. The Morgan fingerprint density at radius 1 is 1.11 bits per heavy atom. The fraction of sp³-hybridized carbons (Fsp3) is 0.0833.